The Morgan fingerprint density at radius 3 is 2.83 bits per heavy atom. The number of fused-ring (bicyclic) bond motifs is 1. The van der Waals surface area contributed by atoms with Gasteiger partial charge in [-0.3, -0.25) is 4.98 Å². The molecular weight excluding hydrogens is 146 g/mol. The van der Waals surface area contributed by atoms with Crippen LogP contribution in [-0.4, -0.2) is 4.98 Å². The molecule has 60 valence electrons. The van der Waals surface area contributed by atoms with Gasteiger partial charge in [-0.25, -0.2) is 0 Å². The first-order valence-corrected chi connectivity index (χ1v) is 4.24. The minimum atomic E-state index is 1.07. The molecule has 0 aliphatic heterocycles. The SMILES string of the molecule is CCc1ccnc2ccccc12. The van der Waals surface area contributed by atoms with Crippen LogP contribution in [0.3, 0.4) is 0 Å². The summed E-state index contributed by atoms with van der Waals surface area (Å²) in [4.78, 5) is 4.29. The number of aryl methyl sites for hydroxylation is 1. The standard InChI is InChI=1S/C11H11N/c1-2-9-7-8-12-11-6-4-3-5-10(9)11/h3-8H,2H2,1H3. The summed E-state index contributed by atoms with van der Waals surface area (Å²) >= 11 is 0. The van der Waals surface area contributed by atoms with E-state index in [1.165, 1.54) is 10.9 Å². The summed E-state index contributed by atoms with van der Waals surface area (Å²) in [6.07, 6.45) is 2.95. The zero-order valence-corrected chi connectivity index (χ0v) is 7.12. The van der Waals surface area contributed by atoms with Gasteiger partial charge in [-0.15, -0.1) is 0 Å². The van der Waals surface area contributed by atoms with Crippen molar-refractivity contribution in [2.24, 2.45) is 0 Å². The fourth-order valence-electron chi connectivity index (χ4n) is 1.46. The van der Waals surface area contributed by atoms with Crippen molar-refractivity contribution in [3.05, 3.63) is 42.1 Å². The third kappa shape index (κ3) is 1.07. The van der Waals surface area contributed by atoms with Crippen LogP contribution in [0, 0.1) is 0 Å². The lowest BCUT2D eigenvalue weighted by Gasteiger charge is -2.01. The number of hydrogen-bond acceptors (Lipinski definition) is 1. The van der Waals surface area contributed by atoms with Gasteiger partial charge in [0.2, 0.25) is 0 Å². The average Bonchev–Trinajstić information content (AvgIpc) is 2.17. The van der Waals surface area contributed by atoms with Crippen LogP contribution < -0.4 is 0 Å². The predicted octanol–water partition coefficient (Wildman–Crippen LogP) is 2.80. The number of nitrogens with zero attached hydrogens (tertiary/aromatic N) is 1. The van der Waals surface area contributed by atoms with E-state index < -0.39 is 0 Å². The first kappa shape index (κ1) is 7.29. The largest absolute Gasteiger partial charge is 0.256 e. The molecule has 2 aromatic rings. The van der Waals surface area contributed by atoms with E-state index in [0.717, 1.165) is 11.9 Å². The molecule has 1 heteroatoms. The lowest BCUT2D eigenvalue weighted by atomic mass is 10.1. The van der Waals surface area contributed by atoms with E-state index in [0.29, 0.717) is 0 Å². The molecule has 0 atom stereocenters. The van der Waals surface area contributed by atoms with Crippen molar-refractivity contribution in [1.29, 1.82) is 0 Å². The molecular formula is C11H11N. The predicted molar refractivity (Wildman–Crippen MR) is 51.1 cm³/mol. The highest BCUT2D eigenvalue weighted by atomic mass is 14.6. The third-order valence-electron chi connectivity index (χ3n) is 2.12. The molecule has 1 heterocycles. The lowest BCUT2D eigenvalue weighted by molar-refractivity contribution is 1.15. The minimum Gasteiger partial charge on any atom is -0.256 e. The highest BCUT2D eigenvalue weighted by Gasteiger charge is 1.96. The van der Waals surface area contributed by atoms with E-state index in [-0.39, 0.29) is 0 Å². The molecule has 0 spiro atoms. The van der Waals surface area contributed by atoms with Crippen molar-refractivity contribution >= 4 is 10.9 Å². The molecule has 0 aliphatic rings. The van der Waals surface area contributed by atoms with Crippen LogP contribution in [-0.2, 0) is 6.42 Å². The van der Waals surface area contributed by atoms with Crippen molar-refractivity contribution in [3.8, 4) is 0 Å². The van der Waals surface area contributed by atoms with E-state index >= 15 is 0 Å². The Labute approximate surface area is 72.1 Å². The summed E-state index contributed by atoms with van der Waals surface area (Å²) in [6.45, 7) is 2.17. The zero-order chi connectivity index (χ0) is 8.39. The second-order valence-electron chi connectivity index (χ2n) is 2.84. The Morgan fingerprint density at radius 1 is 1.17 bits per heavy atom. The first-order valence-electron chi connectivity index (χ1n) is 4.24. The minimum absolute atomic E-state index is 1.07. The Hall–Kier alpha value is -1.37. The number of pyridine rings is 1. The molecule has 0 N–H and O–H groups in total. The number of hydrogen-bond donors (Lipinski definition) is 0. The van der Waals surface area contributed by atoms with Crippen LogP contribution in [0.5, 0.6) is 0 Å². The van der Waals surface area contributed by atoms with Crippen molar-refractivity contribution in [1.82, 2.24) is 4.98 Å². The summed E-state index contributed by atoms with van der Waals surface area (Å²) in [5, 5.41) is 1.28. The summed E-state index contributed by atoms with van der Waals surface area (Å²) in [5.41, 5.74) is 2.47. The third-order valence-corrected chi connectivity index (χ3v) is 2.12. The second kappa shape index (κ2) is 2.94. The van der Waals surface area contributed by atoms with Crippen LogP contribution in [0.15, 0.2) is 36.5 Å². The van der Waals surface area contributed by atoms with E-state index in [4.69, 9.17) is 0 Å². The Kier molecular flexibility index (Phi) is 1.78. The van der Waals surface area contributed by atoms with E-state index in [1.807, 2.05) is 12.3 Å². The molecule has 0 unspecified atom stereocenters. The number of para-hydroxylation sites is 1. The van der Waals surface area contributed by atoms with Gasteiger partial charge < -0.3 is 0 Å². The summed E-state index contributed by atoms with van der Waals surface area (Å²) in [7, 11) is 0. The molecule has 0 saturated heterocycles. The Balaban J connectivity index is 2.79. The molecule has 1 aromatic heterocycles. The average molecular weight is 157 g/mol. The molecule has 1 aromatic carbocycles. The van der Waals surface area contributed by atoms with Gasteiger partial charge in [-0.05, 0) is 24.1 Å². The molecule has 12 heavy (non-hydrogen) atoms. The molecule has 2 rings (SSSR count). The maximum absolute atomic E-state index is 4.29. The maximum atomic E-state index is 4.29. The van der Waals surface area contributed by atoms with Gasteiger partial charge in [0.1, 0.15) is 0 Å². The molecule has 0 radical (unpaired) electrons. The van der Waals surface area contributed by atoms with Gasteiger partial charge in [0.25, 0.3) is 0 Å². The topological polar surface area (TPSA) is 12.9 Å². The van der Waals surface area contributed by atoms with E-state index in [9.17, 15) is 0 Å². The number of aromatic nitrogens is 1. The van der Waals surface area contributed by atoms with Crippen molar-refractivity contribution in [2.75, 3.05) is 0 Å². The molecule has 0 saturated carbocycles. The van der Waals surface area contributed by atoms with Gasteiger partial charge in [0, 0.05) is 11.6 Å². The molecule has 1 nitrogen and oxygen atoms in total. The van der Waals surface area contributed by atoms with Gasteiger partial charge in [-0.2, -0.15) is 0 Å². The van der Waals surface area contributed by atoms with Crippen molar-refractivity contribution in [2.45, 2.75) is 13.3 Å². The fourth-order valence-corrected chi connectivity index (χ4v) is 1.46. The molecule has 0 aliphatic carbocycles. The van der Waals surface area contributed by atoms with Crippen LogP contribution in [0.2, 0.25) is 0 Å². The number of benzene rings is 1. The highest BCUT2D eigenvalue weighted by molar-refractivity contribution is 5.81. The Morgan fingerprint density at radius 2 is 2.00 bits per heavy atom. The van der Waals surface area contributed by atoms with Crippen LogP contribution in [0.1, 0.15) is 12.5 Å². The van der Waals surface area contributed by atoms with Gasteiger partial charge in [-0.1, -0.05) is 25.1 Å². The maximum Gasteiger partial charge on any atom is 0.0704 e. The van der Waals surface area contributed by atoms with E-state index in [2.05, 4.69) is 36.2 Å². The summed E-state index contributed by atoms with van der Waals surface area (Å²) in [5.74, 6) is 0. The zero-order valence-electron chi connectivity index (χ0n) is 7.12. The molecule has 0 amide bonds. The molecule has 0 bridgehead atoms. The second-order valence-corrected chi connectivity index (χ2v) is 2.84. The first-order chi connectivity index (χ1) is 5.92. The monoisotopic (exact) mass is 157 g/mol. The van der Waals surface area contributed by atoms with Gasteiger partial charge in [0.15, 0.2) is 0 Å². The quantitative estimate of drug-likeness (QED) is 0.620. The van der Waals surface area contributed by atoms with Crippen molar-refractivity contribution in [3.63, 3.8) is 0 Å². The van der Waals surface area contributed by atoms with E-state index in [1.54, 1.807) is 0 Å². The summed E-state index contributed by atoms with van der Waals surface area (Å²) in [6, 6.07) is 10.3. The van der Waals surface area contributed by atoms with Crippen molar-refractivity contribution < 1.29 is 0 Å². The van der Waals surface area contributed by atoms with Crippen LogP contribution in [0.4, 0.5) is 0 Å². The number of rotatable bonds is 1. The fraction of sp³-hybridized carbons (Fsp3) is 0.182. The lowest BCUT2D eigenvalue weighted by Crippen LogP contribution is -1.84. The smallest absolute Gasteiger partial charge is 0.0704 e. The summed E-state index contributed by atoms with van der Waals surface area (Å²) < 4.78 is 0. The van der Waals surface area contributed by atoms with Gasteiger partial charge >= 0.3 is 0 Å². The Bertz CT molecular complexity index is 388. The van der Waals surface area contributed by atoms with Crippen LogP contribution >= 0.6 is 0 Å². The highest BCUT2D eigenvalue weighted by Crippen LogP contribution is 2.15. The van der Waals surface area contributed by atoms with Crippen LogP contribution in [0.25, 0.3) is 10.9 Å². The molecule has 0 fully saturated rings. The normalized spacial score (nSPS) is 10.4. The van der Waals surface area contributed by atoms with Gasteiger partial charge in [0.05, 0.1) is 5.52 Å².